The Morgan fingerprint density at radius 3 is 2.50 bits per heavy atom. The molecule has 0 spiro atoms. The van der Waals surface area contributed by atoms with Gasteiger partial charge in [-0.1, -0.05) is 43.2 Å². The number of benzene rings is 1. The molecule has 142 valence electrons. The molecule has 1 heterocycles. The molecule has 26 heavy (non-hydrogen) atoms. The Hall–Kier alpha value is -1.92. The molecule has 1 aliphatic heterocycles. The second-order valence-electron chi connectivity index (χ2n) is 7.99. The van der Waals surface area contributed by atoms with Crippen molar-refractivity contribution in [3.63, 3.8) is 0 Å². The first-order chi connectivity index (χ1) is 12.3. The van der Waals surface area contributed by atoms with E-state index in [-0.39, 0.29) is 23.0 Å². The Morgan fingerprint density at radius 2 is 1.88 bits per heavy atom. The number of aliphatic hydroxyl groups is 1. The molecule has 1 saturated carbocycles. The van der Waals surface area contributed by atoms with E-state index in [4.69, 9.17) is 4.74 Å². The molecule has 0 amide bonds. The van der Waals surface area contributed by atoms with Crippen LogP contribution in [0, 0.1) is 5.92 Å². The number of esters is 1. The number of hydrogen-bond donors (Lipinski definition) is 1. The average molecular weight is 361 g/mol. The minimum atomic E-state index is -1.64. The molecule has 2 aliphatic rings. The number of quaternary nitrogens is 1. The summed E-state index contributed by atoms with van der Waals surface area (Å²) in [4.78, 5) is 24.0. The van der Waals surface area contributed by atoms with Gasteiger partial charge >= 0.3 is 5.97 Å². The molecule has 1 aromatic carbocycles. The van der Waals surface area contributed by atoms with Gasteiger partial charge in [-0.2, -0.15) is 0 Å². The van der Waals surface area contributed by atoms with Crippen molar-refractivity contribution in [3.8, 4) is 0 Å². The summed E-state index contributed by atoms with van der Waals surface area (Å²) in [5.74, 6) is -1.86. The van der Waals surface area contributed by atoms with Crippen molar-refractivity contribution in [2.24, 2.45) is 5.92 Å². The van der Waals surface area contributed by atoms with Gasteiger partial charge in [0.15, 0.2) is 11.7 Å². The molecule has 3 atom stereocenters. The number of ether oxygens (including phenoxy) is 1. The van der Waals surface area contributed by atoms with E-state index in [1.165, 1.54) is 0 Å². The highest BCUT2D eigenvalue weighted by Crippen LogP contribution is 2.42. The summed E-state index contributed by atoms with van der Waals surface area (Å²) in [6.45, 7) is 0.938. The lowest BCUT2D eigenvalue weighted by atomic mass is 9.80. The molecule has 0 radical (unpaired) electrons. The maximum atomic E-state index is 13.0. The first-order valence-electron chi connectivity index (χ1n) is 9.36. The molecule has 3 rings (SSSR count). The first kappa shape index (κ1) is 18.9. The number of rotatable bonds is 6. The fourth-order valence-corrected chi connectivity index (χ4v) is 4.48. The molecule has 2 fully saturated rings. The fourth-order valence-electron chi connectivity index (χ4n) is 4.48. The third-order valence-corrected chi connectivity index (χ3v) is 5.89. The van der Waals surface area contributed by atoms with Crippen molar-refractivity contribution in [1.82, 2.24) is 0 Å². The molecule has 0 unspecified atom stereocenters. The Kier molecular flexibility index (Phi) is 5.34. The predicted octanol–water partition coefficient (Wildman–Crippen LogP) is 0.576. The van der Waals surface area contributed by atoms with Gasteiger partial charge in [-0.3, -0.25) is 0 Å². The number of likely N-dealkylation sites (tertiary alicyclic amines) is 1. The number of carboxylic acid groups (broad SMARTS) is 1. The largest absolute Gasteiger partial charge is 0.544 e. The summed E-state index contributed by atoms with van der Waals surface area (Å²) in [5.41, 5.74) is -1.07. The quantitative estimate of drug-likeness (QED) is 0.592. The van der Waals surface area contributed by atoms with Crippen molar-refractivity contribution < 1.29 is 29.0 Å². The first-order valence-corrected chi connectivity index (χ1v) is 9.36. The second kappa shape index (κ2) is 7.37. The standard InChI is InChI=1S/C20H27NO5/c1-21(14-18(22)23)12-11-17(13-21)26-19(24)20(25,16-9-5-6-10-16)15-7-3-2-4-8-15/h2-4,7-8,16-17,25H,5-6,9-14H2,1H3/t17-,20-,21-/m1/s1. The van der Waals surface area contributed by atoms with Crippen molar-refractivity contribution in [2.75, 3.05) is 26.7 Å². The minimum Gasteiger partial charge on any atom is -0.544 e. The van der Waals surface area contributed by atoms with E-state index < -0.39 is 17.5 Å². The van der Waals surface area contributed by atoms with Gasteiger partial charge in [-0.25, -0.2) is 4.79 Å². The number of carbonyl (C=O) groups is 2. The van der Waals surface area contributed by atoms with Crippen molar-refractivity contribution >= 4 is 11.9 Å². The van der Waals surface area contributed by atoms with Gasteiger partial charge in [0.1, 0.15) is 13.1 Å². The van der Waals surface area contributed by atoms with Gasteiger partial charge in [-0.15, -0.1) is 0 Å². The summed E-state index contributed by atoms with van der Waals surface area (Å²) in [6, 6.07) is 9.01. The molecule has 6 nitrogen and oxygen atoms in total. The van der Waals surface area contributed by atoms with Crippen LogP contribution in [0.15, 0.2) is 30.3 Å². The van der Waals surface area contributed by atoms with Crippen LogP contribution in [0.2, 0.25) is 0 Å². The number of carboxylic acids is 1. The normalized spacial score (nSPS) is 28.6. The Balaban J connectivity index is 1.76. The monoisotopic (exact) mass is 361 g/mol. The summed E-state index contributed by atoms with van der Waals surface area (Å²) in [7, 11) is 1.82. The summed E-state index contributed by atoms with van der Waals surface area (Å²) in [5, 5.41) is 22.3. The summed E-state index contributed by atoms with van der Waals surface area (Å²) in [6.07, 6.45) is 3.79. The van der Waals surface area contributed by atoms with Crippen LogP contribution in [0.5, 0.6) is 0 Å². The van der Waals surface area contributed by atoms with E-state index in [0.29, 0.717) is 25.1 Å². The minimum absolute atomic E-state index is 0.0976. The van der Waals surface area contributed by atoms with E-state index in [1.54, 1.807) is 12.1 Å². The van der Waals surface area contributed by atoms with Gasteiger partial charge in [0.25, 0.3) is 0 Å². The smallest absolute Gasteiger partial charge is 0.343 e. The molecule has 0 bridgehead atoms. The Morgan fingerprint density at radius 1 is 1.23 bits per heavy atom. The number of likely N-dealkylation sites (N-methyl/N-ethyl adjacent to an activating group) is 1. The van der Waals surface area contributed by atoms with Gasteiger partial charge in [0.2, 0.25) is 0 Å². The van der Waals surface area contributed by atoms with Gasteiger partial charge in [-0.05, 0) is 18.4 Å². The van der Waals surface area contributed by atoms with E-state index >= 15 is 0 Å². The molecule has 1 saturated heterocycles. The van der Waals surface area contributed by atoms with Crippen molar-refractivity contribution in [1.29, 1.82) is 0 Å². The lowest BCUT2D eigenvalue weighted by Crippen LogP contribution is -2.51. The van der Waals surface area contributed by atoms with Gasteiger partial charge in [0.05, 0.1) is 19.6 Å². The topological polar surface area (TPSA) is 86.7 Å². The van der Waals surface area contributed by atoms with Gasteiger partial charge in [0, 0.05) is 12.3 Å². The number of hydrogen-bond acceptors (Lipinski definition) is 5. The maximum absolute atomic E-state index is 13.0. The van der Waals surface area contributed by atoms with Crippen LogP contribution in [0.4, 0.5) is 0 Å². The lowest BCUT2D eigenvalue weighted by molar-refractivity contribution is -0.893. The molecule has 6 heteroatoms. The zero-order valence-corrected chi connectivity index (χ0v) is 15.2. The van der Waals surface area contributed by atoms with E-state index in [1.807, 2.05) is 25.2 Å². The van der Waals surface area contributed by atoms with Crippen LogP contribution in [0.1, 0.15) is 37.7 Å². The highest BCUT2D eigenvalue weighted by molar-refractivity contribution is 5.81. The number of nitrogens with zero attached hydrogens (tertiary/aromatic N) is 1. The van der Waals surface area contributed by atoms with Crippen LogP contribution in [0.25, 0.3) is 0 Å². The van der Waals surface area contributed by atoms with Gasteiger partial charge < -0.3 is 24.2 Å². The molecule has 1 aliphatic carbocycles. The molecule has 0 aromatic heterocycles. The van der Waals surface area contributed by atoms with E-state index in [2.05, 4.69) is 0 Å². The maximum Gasteiger partial charge on any atom is 0.343 e. The molecular formula is C20H27NO5. The highest BCUT2D eigenvalue weighted by atomic mass is 16.6. The van der Waals surface area contributed by atoms with Crippen molar-refractivity contribution in [2.45, 2.75) is 43.8 Å². The SMILES string of the molecule is C[N@@+]1(CC(=O)[O-])CC[C@@H](OC(=O)[C@@](O)(c2ccccc2)C2CCCC2)C1. The van der Waals surface area contributed by atoms with Crippen LogP contribution >= 0.6 is 0 Å². The van der Waals surface area contributed by atoms with E-state index in [0.717, 1.165) is 25.7 Å². The third-order valence-electron chi connectivity index (χ3n) is 5.89. The molecule has 1 N–H and O–H groups in total. The van der Waals surface area contributed by atoms with Crippen LogP contribution in [-0.4, -0.2) is 54.3 Å². The zero-order valence-electron chi connectivity index (χ0n) is 15.2. The predicted molar refractivity (Wildman–Crippen MR) is 92.6 cm³/mol. The summed E-state index contributed by atoms with van der Waals surface area (Å²) < 4.78 is 5.99. The average Bonchev–Trinajstić information content (AvgIpc) is 3.25. The third kappa shape index (κ3) is 3.76. The lowest BCUT2D eigenvalue weighted by Gasteiger charge is -2.33. The zero-order chi connectivity index (χ0) is 18.8. The van der Waals surface area contributed by atoms with E-state index in [9.17, 15) is 19.8 Å². The highest BCUT2D eigenvalue weighted by Gasteiger charge is 2.49. The van der Waals surface area contributed by atoms with Crippen LogP contribution < -0.4 is 5.11 Å². The molecular weight excluding hydrogens is 334 g/mol. The number of carbonyl (C=O) groups excluding carboxylic acids is 2. The molecule has 1 aromatic rings. The van der Waals surface area contributed by atoms with Crippen LogP contribution in [-0.2, 0) is 19.9 Å². The fraction of sp³-hybridized carbons (Fsp3) is 0.600. The van der Waals surface area contributed by atoms with Crippen LogP contribution in [0.3, 0.4) is 0 Å². The Labute approximate surface area is 154 Å². The second-order valence-corrected chi connectivity index (χ2v) is 7.99. The van der Waals surface area contributed by atoms with Crippen molar-refractivity contribution in [3.05, 3.63) is 35.9 Å². The Bertz CT molecular complexity index is 657. The summed E-state index contributed by atoms with van der Waals surface area (Å²) >= 11 is 0. The number of aliphatic carboxylic acids is 1.